The van der Waals surface area contributed by atoms with E-state index in [1.165, 1.54) is 6.42 Å². The minimum atomic E-state index is 0.625. The normalized spacial score (nSPS) is 45.4. The Morgan fingerprint density at radius 3 is 2.00 bits per heavy atom. The second-order valence-electron chi connectivity index (χ2n) is 3.33. The Hall–Kier alpha value is 0.480. The van der Waals surface area contributed by atoms with Gasteiger partial charge in [-0.3, -0.25) is 0 Å². The standard InChI is InChI=1S/C7H13Br/c1-5(2)7(3)4-6(7)8/h5-6H,4H2,1-3H3. The molecule has 2 atom stereocenters. The first kappa shape index (κ1) is 6.60. The molecule has 2 unspecified atom stereocenters. The van der Waals surface area contributed by atoms with Crippen LogP contribution >= 0.6 is 15.9 Å². The zero-order chi connectivity index (χ0) is 6.36. The minimum absolute atomic E-state index is 0.625. The van der Waals surface area contributed by atoms with Crippen molar-refractivity contribution in [2.45, 2.75) is 32.0 Å². The highest BCUT2D eigenvalue weighted by Gasteiger charge is 2.50. The molecule has 0 aromatic carbocycles. The summed E-state index contributed by atoms with van der Waals surface area (Å²) in [7, 11) is 0. The van der Waals surface area contributed by atoms with Gasteiger partial charge in [-0.25, -0.2) is 0 Å². The summed E-state index contributed by atoms with van der Waals surface area (Å²) in [5, 5.41) is 0. The van der Waals surface area contributed by atoms with Crippen molar-refractivity contribution in [2.24, 2.45) is 11.3 Å². The van der Waals surface area contributed by atoms with Crippen LogP contribution in [0.2, 0.25) is 0 Å². The lowest BCUT2D eigenvalue weighted by molar-refractivity contribution is 0.401. The van der Waals surface area contributed by atoms with Crippen molar-refractivity contribution in [3.05, 3.63) is 0 Å². The Morgan fingerprint density at radius 1 is 1.62 bits per heavy atom. The summed E-state index contributed by atoms with van der Waals surface area (Å²) in [4.78, 5) is 0.801. The molecule has 48 valence electrons. The van der Waals surface area contributed by atoms with Gasteiger partial charge in [-0.05, 0) is 17.8 Å². The van der Waals surface area contributed by atoms with Gasteiger partial charge in [0.1, 0.15) is 0 Å². The van der Waals surface area contributed by atoms with E-state index in [1.54, 1.807) is 0 Å². The molecule has 0 saturated heterocycles. The smallest absolute Gasteiger partial charge is 0.0208 e. The molecular formula is C7H13Br. The third-order valence-corrected chi connectivity index (χ3v) is 3.86. The van der Waals surface area contributed by atoms with E-state index in [4.69, 9.17) is 0 Å². The monoisotopic (exact) mass is 176 g/mol. The third kappa shape index (κ3) is 0.812. The number of hydrogen-bond donors (Lipinski definition) is 0. The summed E-state index contributed by atoms with van der Waals surface area (Å²) in [6.07, 6.45) is 1.37. The molecule has 0 aliphatic heterocycles. The molecule has 8 heavy (non-hydrogen) atoms. The Balaban J connectivity index is 2.47. The largest absolute Gasteiger partial charge is 0.0884 e. The first-order chi connectivity index (χ1) is 3.57. The molecule has 0 aromatic heterocycles. The predicted octanol–water partition coefficient (Wildman–Crippen LogP) is 2.82. The lowest BCUT2D eigenvalue weighted by Crippen LogP contribution is -2.06. The van der Waals surface area contributed by atoms with E-state index in [0.29, 0.717) is 5.41 Å². The van der Waals surface area contributed by atoms with E-state index in [-0.39, 0.29) is 0 Å². The molecule has 0 aromatic rings. The Labute approximate surface area is 59.8 Å². The molecule has 0 heterocycles. The highest BCUT2D eigenvalue weighted by Crippen LogP contribution is 2.56. The van der Waals surface area contributed by atoms with Crippen LogP contribution in [-0.2, 0) is 0 Å². The quantitative estimate of drug-likeness (QED) is 0.540. The van der Waals surface area contributed by atoms with Gasteiger partial charge in [0.15, 0.2) is 0 Å². The minimum Gasteiger partial charge on any atom is -0.0884 e. The maximum atomic E-state index is 3.61. The van der Waals surface area contributed by atoms with Gasteiger partial charge in [0.2, 0.25) is 0 Å². The highest BCUT2D eigenvalue weighted by molar-refractivity contribution is 9.09. The van der Waals surface area contributed by atoms with Crippen LogP contribution in [0.4, 0.5) is 0 Å². The Morgan fingerprint density at radius 2 is 2.00 bits per heavy atom. The first-order valence-corrected chi connectivity index (χ1v) is 4.13. The topological polar surface area (TPSA) is 0 Å². The average Bonchev–Trinajstić information content (AvgIpc) is 2.17. The summed E-state index contributed by atoms with van der Waals surface area (Å²) in [5.74, 6) is 0.840. The molecule has 1 saturated carbocycles. The molecule has 0 bridgehead atoms. The molecule has 0 amide bonds. The van der Waals surface area contributed by atoms with E-state index < -0.39 is 0 Å². The van der Waals surface area contributed by atoms with Crippen LogP contribution in [0, 0.1) is 11.3 Å². The number of halogens is 1. The van der Waals surface area contributed by atoms with Crippen LogP contribution in [0.1, 0.15) is 27.2 Å². The second kappa shape index (κ2) is 1.73. The summed E-state index contributed by atoms with van der Waals surface area (Å²) in [6, 6.07) is 0. The molecule has 1 aliphatic rings. The zero-order valence-electron chi connectivity index (χ0n) is 5.74. The SMILES string of the molecule is CC(C)C1(C)CC1Br. The molecular weight excluding hydrogens is 164 g/mol. The van der Waals surface area contributed by atoms with E-state index >= 15 is 0 Å². The van der Waals surface area contributed by atoms with Crippen molar-refractivity contribution >= 4 is 15.9 Å². The van der Waals surface area contributed by atoms with Crippen molar-refractivity contribution in [3.63, 3.8) is 0 Å². The van der Waals surface area contributed by atoms with E-state index in [1.807, 2.05) is 0 Å². The fraction of sp³-hybridized carbons (Fsp3) is 1.00. The number of rotatable bonds is 1. The van der Waals surface area contributed by atoms with Crippen molar-refractivity contribution in [2.75, 3.05) is 0 Å². The fourth-order valence-electron chi connectivity index (χ4n) is 0.925. The molecule has 0 radical (unpaired) electrons. The van der Waals surface area contributed by atoms with Gasteiger partial charge in [-0.1, -0.05) is 36.7 Å². The van der Waals surface area contributed by atoms with Crippen molar-refractivity contribution < 1.29 is 0 Å². The number of alkyl halides is 1. The predicted molar refractivity (Wildman–Crippen MR) is 40.3 cm³/mol. The van der Waals surface area contributed by atoms with Gasteiger partial charge in [0.25, 0.3) is 0 Å². The van der Waals surface area contributed by atoms with Crippen LogP contribution in [0.3, 0.4) is 0 Å². The first-order valence-electron chi connectivity index (χ1n) is 3.21. The highest BCUT2D eigenvalue weighted by atomic mass is 79.9. The van der Waals surface area contributed by atoms with Crippen molar-refractivity contribution in [3.8, 4) is 0 Å². The summed E-state index contributed by atoms with van der Waals surface area (Å²) in [6.45, 7) is 6.93. The van der Waals surface area contributed by atoms with Crippen LogP contribution in [0.5, 0.6) is 0 Å². The van der Waals surface area contributed by atoms with Gasteiger partial charge in [-0.2, -0.15) is 0 Å². The summed E-state index contributed by atoms with van der Waals surface area (Å²) in [5.41, 5.74) is 0.625. The van der Waals surface area contributed by atoms with Gasteiger partial charge in [-0.15, -0.1) is 0 Å². The van der Waals surface area contributed by atoms with Crippen LogP contribution in [-0.4, -0.2) is 4.83 Å². The molecule has 1 rings (SSSR count). The lowest BCUT2D eigenvalue weighted by Gasteiger charge is -2.12. The van der Waals surface area contributed by atoms with Crippen LogP contribution in [0.25, 0.3) is 0 Å². The molecule has 1 heteroatoms. The van der Waals surface area contributed by atoms with Gasteiger partial charge < -0.3 is 0 Å². The second-order valence-corrected chi connectivity index (χ2v) is 4.44. The maximum Gasteiger partial charge on any atom is 0.0208 e. The third-order valence-electron chi connectivity index (χ3n) is 2.49. The summed E-state index contributed by atoms with van der Waals surface area (Å²) >= 11 is 3.61. The van der Waals surface area contributed by atoms with Gasteiger partial charge >= 0.3 is 0 Å². The Bertz CT molecular complexity index is 98.6. The van der Waals surface area contributed by atoms with E-state index in [0.717, 1.165) is 10.7 Å². The van der Waals surface area contributed by atoms with Crippen molar-refractivity contribution in [1.82, 2.24) is 0 Å². The molecule has 0 nitrogen and oxygen atoms in total. The fourth-order valence-corrected chi connectivity index (χ4v) is 2.15. The van der Waals surface area contributed by atoms with Gasteiger partial charge in [0.05, 0.1) is 0 Å². The molecule has 0 N–H and O–H groups in total. The molecule has 1 fully saturated rings. The summed E-state index contributed by atoms with van der Waals surface area (Å²) < 4.78 is 0. The zero-order valence-corrected chi connectivity index (χ0v) is 7.33. The Kier molecular flexibility index (Phi) is 1.43. The molecule has 0 spiro atoms. The number of hydrogen-bond acceptors (Lipinski definition) is 0. The van der Waals surface area contributed by atoms with Crippen molar-refractivity contribution in [1.29, 1.82) is 0 Å². The van der Waals surface area contributed by atoms with E-state index in [2.05, 4.69) is 36.7 Å². The van der Waals surface area contributed by atoms with E-state index in [9.17, 15) is 0 Å². The lowest BCUT2D eigenvalue weighted by atomic mass is 9.95. The maximum absolute atomic E-state index is 3.61. The average molecular weight is 177 g/mol. The van der Waals surface area contributed by atoms with Crippen LogP contribution in [0.15, 0.2) is 0 Å². The van der Waals surface area contributed by atoms with Gasteiger partial charge in [0, 0.05) is 4.83 Å². The molecule has 1 aliphatic carbocycles. The van der Waals surface area contributed by atoms with Crippen LogP contribution < -0.4 is 0 Å².